The van der Waals surface area contributed by atoms with Gasteiger partial charge in [0.25, 0.3) is 0 Å². The van der Waals surface area contributed by atoms with E-state index in [1.807, 2.05) is 18.2 Å². The van der Waals surface area contributed by atoms with Crippen LogP contribution in [-0.2, 0) is 4.51 Å². The Hall–Kier alpha value is -0.800. The summed E-state index contributed by atoms with van der Waals surface area (Å²) >= 11 is 3.19. The molecule has 2 nitrogen and oxygen atoms in total. The number of alkyl halides is 1. The Labute approximate surface area is 84.7 Å². The van der Waals surface area contributed by atoms with Crippen molar-refractivity contribution in [2.45, 2.75) is 10.9 Å². The first kappa shape index (κ1) is 8.78. The van der Waals surface area contributed by atoms with E-state index in [1.54, 1.807) is 12.1 Å². The lowest BCUT2D eigenvalue weighted by Gasteiger charge is -2.26. The Bertz CT molecular complexity index is 369. The first-order valence-electron chi connectivity index (χ1n) is 4.01. The fourth-order valence-electron chi connectivity index (χ4n) is 1.56. The van der Waals surface area contributed by atoms with Gasteiger partial charge in [0, 0.05) is 12.0 Å². The van der Waals surface area contributed by atoms with Crippen LogP contribution < -0.4 is 0 Å². The summed E-state index contributed by atoms with van der Waals surface area (Å²) in [6, 6.07) is 5.19. The van der Waals surface area contributed by atoms with E-state index < -0.39 is 4.51 Å². The quantitative estimate of drug-likeness (QED) is 0.684. The van der Waals surface area contributed by atoms with Crippen LogP contribution >= 0.6 is 15.9 Å². The number of aliphatic hydroxyl groups is 1. The van der Waals surface area contributed by atoms with Crippen molar-refractivity contribution in [1.29, 1.82) is 0 Å². The number of rotatable bonds is 0. The fourth-order valence-corrected chi connectivity index (χ4v) is 2.18. The van der Waals surface area contributed by atoms with Crippen LogP contribution in [0.2, 0.25) is 0 Å². The summed E-state index contributed by atoms with van der Waals surface area (Å²) in [5.74, 6) is 0.126. The highest BCUT2D eigenvalue weighted by molar-refractivity contribution is 9.09. The number of phenols is 1. The first-order valence-corrected chi connectivity index (χ1v) is 4.81. The zero-order chi connectivity index (χ0) is 9.47. The molecule has 0 saturated heterocycles. The molecule has 68 valence electrons. The van der Waals surface area contributed by atoms with Crippen LogP contribution in [0.4, 0.5) is 0 Å². The van der Waals surface area contributed by atoms with E-state index in [2.05, 4.69) is 15.9 Å². The van der Waals surface area contributed by atoms with Gasteiger partial charge in [0.1, 0.15) is 5.75 Å². The lowest BCUT2D eigenvalue weighted by molar-refractivity contribution is 0.144. The number of hydrogen-bond acceptors (Lipinski definition) is 2. The maximum atomic E-state index is 9.91. The summed E-state index contributed by atoms with van der Waals surface area (Å²) in [5, 5.41) is 19.5. The van der Waals surface area contributed by atoms with E-state index in [9.17, 15) is 10.2 Å². The Morgan fingerprint density at radius 3 is 2.85 bits per heavy atom. The third kappa shape index (κ3) is 1.38. The lowest BCUT2D eigenvalue weighted by atomic mass is 9.94. The van der Waals surface area contributed by atoms with E-state index in [0.29, 0.717) is 12.0 Å². The van der Waals surface area contributed by atoms with Crippen LogP contribution in [0.15, 0.2) is 24.3 Å². The molecule has 0 aromatic heterocycles. The van der Waals surface area contributed by atoms with E-state index in [0.717, 1.165) is 5.56 Å². The van der Waals surface area contributed by atoms with Gasteiger partial charge in [-0.05, 0) is 27.6 Å². The highest BCUT2D eigenvalue weighted by Gasteiger charge is 2.31. The van der Waals surface area contributed by atoms with Gasteiger partial charge in [-0.2, -0.15) is 0 Å². The molecule has 1 aromatic rings. The lowest BCUT2D eigenvalue weighted by Crippen LogP contribution is -2.19. The molecule has 0 radical (unpaired) electrons. The van der Waals surface area contributed by atoms with Gasteiger partial charge in [-0.1, -0.05) is 24.3 Å². The molecule has 3 heteroatoms. The maximum absolute atomic E-state index is 9.91. The zero-order valence-electron chi connectivity index (χ0n) is 6.87. The second kappa shape index (κ2) is 2.86. The number of hydrogen-bond donors (Lipinski definition) is 2. The van der Waals surface area contributed by atoms with Gasteiger partial charge in [-0.3, -0.25) is 0 Å². The molecule has 13 heavy (non-hydrogen) atoms. The number of aromatic hydroxyl groups is 1. The summed E-state index contributed by atoms with van der Waals surface area (Å²) in [6.45, 7) is 0. The zero-order valence-corrected chi connectivity index (χ0v) is 8.45. The van der Waals surface area contributed by atoms with Crippen molar-refractivity contribution in [3.05, 3.63) is 35.4 Å². The molecular formula is C10H9BrO2. The fraction of sp³-hybridized carbons (Fsp3) is 0.200. The Balaban J connectivity index is 2.69. The van der Waals surface area contributed by atoms with Crippen molar-refractivity contribution in [1.82, 2.24) is 0 Å². The third-order valence-electron chi connectivity index (χ3n) is 2.14. The summed E-state index contributed by atoms with van der Waals surface area (Å²) in [4.78, 5) is 0. The monoisotopic (exact) mass is 240 g/mol. The average molecular weight is 241 g/mol. The summed E-state index contributed by atoms with van der Waals surface area (Å²) in [7, 11) is 0. The van der Waals surface area contributed by atoms with Gasteiger partial charge in [0.15, 0.2) is 4.51 Å². The van der Waals surface area contributed by atoms with Crippen molar-refractivity contribution in [2.24, 2.45) is 0 Å². The molecule has 1 aliphatic rings. The van der Waals surface area contributed by atoms with E-state index in [-0.39, 0.29) is 5.75 Å². The second-order valence-corrected chi connectivity index (χ2v) is 4.42. The molecule has 0 spiro atoms. The van der Waals surface area contributed by atoms with Crippen LogP contribution in [0.3, 0.4) is 0 Å². The van der Waals surface area contributed by atoms with Crippen LogP contribution in [0.25, 0.3) is 6.08 Å². The third-order valence-corrected chi connectivity index (χ3v) is 2.86. The maximum Gasteiger partial charge on any atom is 0.152 e. The number of phenolic OH excluding ortho intramolecular Hbond substituents is 1. The number of halogens is 1. The molecule has 2 N–H and O–H groups in total. The molecule has 1 unspecified atom stereocenters. The molecule has 0 bridgehead atoms. The van der Waals surface area contributed by atoms with Crippen LogP contribution in [0, 0.1) is 0 Å². The molecule has 0 saturated carbocycles. The highest BCUT2D eigenvalue weighted by Crippen LogP contribution is 2.42. The molecule has 0 aliphatic heterocycles. The topological polar surface area (TPSA) is 40.5 Å². The normalized spacial score (nSPS) is 25.7. The van der Waals surface area contributed by atoms with Gasteiger partial charge in [-0.25, -0.2) is 0 Å². The summed E-state index contributed by atoms with van der Waals surface area (Å²) in [6.07, 6.45) is 4.23. The molecule has 2 rings (SSSR count). The van der Waals surface area contributed by atoms with Crippen LogP contribution in [0.5, 0.6) is 5.75 Å². The Morgan fingerprint density at radius 1 is 1.38 bits per heavy atom. The predicted octanol–water partition coefficient (Wildman–Crippen LogP) is 2.35. The smallest absolute Gasteiger partial charge is 0.152 e. The molecule has 1 aliphatic carbocycles. The van der Waals surface area contributed by atoms with Gasteiger partial charge >= 0.3 is 0 Å². The Kier molecular flexibility index (Phi) is 1.93. The van der Waals surface area contributed by atoms with E-state index >= 15 is 0 Å². The second-order valence-electron chi connectivity index (χ2n) is 3.11. The standard InChI is InChI=1S/C10H9BrO2/c11-10(13)6-2-4-7-3-1-5-8(12)9(7)10/h1-5,12-13H,6H2. The van der Waals surface area contributed by atoms with Crippen molar-refractivity contribution in [3.8, 4) is 5.75 Å². The molecule has 0 fully saturated rings. The number of fused-ring (bicyclic) bond motifs is 1. The van der Waals surface area contributed by atoms with Gasteiger partial charge in [-0.15, -0.1) is 0 Å². The van der Waals surface area contributed by atoms with Crippen molar-refractivity contribution >= 4 is 22.0 Å². The SMILES string of the molecule is Oc1cccc2c1C(O)(Br)CC=C2. The predicted molar refractivity (Wildman–Crippen MR) is 54.6 cm³/mol. The van der Waals surface area contributed by atoms with Crippen molar-refractivity contribution in [2.75, 3.05) is 0 Å². The number of benzene rings is 1. The average Bonchev–Trinajstić information content (AvgIpc) is 2.02. The molecular weight excluding hydrogens is 232 g/mol. The minimum atomic E-state index is -1.12. The van der Waals surface area contributed by atoms with Gasteiger partial charge in [0.05, 0.1) is 0 Å². The van der Waals surface area contributed by atoms with E-state index in [4.69, 9.17) is 0 Å². The highest BCUT2D eigenvalue weighted by atomic mass is 79.9. The largest absolute Gasteiger partial charge is 0.508 e. The minimum absolute atomic E-state index is 0.126. The summed E-state index contributed by atoms with van der Waals surface area (Å²) in [5.41, 5.74) is 1.41. The molecule has 1 atom stereocenters. The molecule has 1 aromatic carbocycles. The molecule has 0 heterocycles. The van der Waals surface area contributed by atoms with Crippen molar-refractivity contribution < 1.29 is 10.2 Å². The van der Waals surface area contributed by atoms with Crippen LogP contribution in [-0.4, -0.2) is 10.2 Å². The summed E-state index contributed by atoms with van der Waals surface area (Å²) < 4.78 is -1.12. The van der Waals surface area contributed by atoms with Gasteiger partial charge < -0.3 is 10.2 Å². The van der Waals surface area contributed by atoms with Gasteiger partial charge in [0.2, 0.25) is 0 Å². The van der Waals surface area contributed by atoms with Crippen LogP contribution in [0.1, 0.15) is 17.5 Å². The first-order chi connectivity index (χ1) is 6.11. The minimum Gasteiger partial charge on any atom is -0.508 e. The van der Waals surface area contributed by atoms with E-state index in [1.165, 1.54) is 0 Å². The molecule has 0 amide bonds. The van der Waals surface area contributed by atoms with Crippen molar-refractivity contribution in [3.63, 3.8) is 0 Å². The Morgan fingerprint density at radius 2 is 2.15 bits per heavy atom.